The van der Waals surface area contributed by atoms with Crippen molar-refractivity contribution in [2.75, 3.05) is 33.7 Å². The monoisotopic (exact) mass is 458 g/mol. The van der Waals surface area contributed by atoms with Gasteiger partial charge in [0.1, 0.15) is 0 Å². The number of H-pyrrole nitrogens is 1. The smallest absolute Gasteiger partial charge is 0.236 e. The zero-order valence-electron chi connectivity index (χ0n) is 20.8. The summed E-state index contributed by atoms with van der Waals surface area (Å²) in [6.07, 6.45) is 5.96. The Morgan fingerprint density at radius 3 is 2.68 bits per heavy atom. The summed E-state index contributed by atoms with van der Waals surface area (Å²) in [6, 6.07) is 9.03. The van der Waals surface area contributed by atoms with Gasteiger partial charge in [0.15, 0.2) is 5.65 Å². The number of hydrogen-bond donors (Lipinski definition) is 1. The van der Waals surface area contributed by atoms with Crippen molar-refractivity contribution in [3.05, 3.63) is 47.8 Å². The topological polar surface area (TPSA) is 70.0 Å². The number of benzene rings is 1. The lowest BCUT2D eigenvalue weighted by molar-refractivity contribution is -0.132. The van der Waals surface area contributed by atoms with E-state index in [1.165, 1.54) is 16.5 Å². The van der Waals surface area contributed by atoms with Gasteiger partial charge in [-0.3, -0.25) is 9.48 Å². The molecule has 5 rings (SSSR count). The number of carbonyl (C=O) groups is 1. The Morgan fingerprint density at radius 2 is 1.97 bits per heavy atom. The second-order valence-electron chi connectivity index (χ2n) is 10.2. The van der Waals surface area contributed by atoms with Crippen LogP contribution in [-0.4, -0.2) is 69.2 Å². The van der Waals surface area contributed by atoms with Crippen molar-refractivity contribution in [3.8, 4) is 11.3 Å². The van der Waals surface area contributed by atoms with Gasteiger partial charge in [0, 0.05) is 54.4 Å². The van der Waals surface area contributed by atoms with E-state index in [-0.39, 0.29) is 5.91 Å². The summed E-state index contributed by atoms with van der Waals surface area (Å²) in [5.41, 5.74) is 6.87. The number of aryl methyl sites for hydroxylation is 1. The molecule has 0 spiro atoms. The number of aromatic amines is 1. The molecule has 1 aromatic carbocycles. The first-order valence-corrected chi connectivity index (χ1v) is 12.2. The summed E-state index contributed by atoms with van der Waals surface area (Å²) >= 11 is 0. The Labute approximate surface area is 200 Å². The molecule has 1 aliphatic heterocycles. The van der Waals surface area contributed by atoms with Crippen molar-refractivity contribution in [1.29, 1.82) is 0 Å². The van der Waals surface area contributed by atoms with Crippen LogP contribution in [0.4, 0.5) is 0 Å². The maximum Gasteiger partial charge on any atom is 0.236 e. The third kappa shape index (κ3) is 4.20. The van der Waals surface area contributed by atoms with E-state index in [1.807, 2.05) is 48.0 Å². The number of likely N-dealkylation sites (N-methyl/N-ethyl adjacent to an activating group) is 1. The third-order valence-electron chi connectivity index (χ3n) is 6.97. The van der Waals surface area contributed by atoms with Crippen LogP contribution in [0.5, 0.6) is 0 Å². The molecule has 0 unspecified atom stereocenters. The summed E-state index contributed by atoms with van der Waals surface area (Å²) < 4.78 is 1.81. The standard InChI is InChI=1S/C27H34N6O/c1-17(2)25-22-13-19(18-8-10-33(11-9-18)24(34)16-31(3)4)6-7-23(22)29-26(25)20-12-21-15-32(5)30-27(21)28-14-20/h6-7,12-15,17-18,29H,8-11,16H2,1-5H3. The number of amides is 1. The summed E-state index contributed by atoms with van der Waals surface area (Å²) in [7, 11) is 5.82. The zero-order valence-corrected chi connectivity index (χ0v) is 20.8. The number of carbonyl (C=O) groups excluding carboxylic acids is 1. The lowest BCUT2D eigenvalue weighted by atomic mass is 9.87. The van der Waals surface area contributed by atoms with Gasteiger partial charge in [-0.2, -0.15) is 5.10 Å². The minimum absolute atomic E-state index is 0.232. The van der Waals surface area contributed by atoms with Crippen molar-refractivity contribution in [2.24, 2.45) is 7.05 Å². The fourth-order valence-electron chi connectivity index (χ4n) is 5.31. The second kappa shape index (κ2) is 8.87. The average molecular weight is 459 g/mol. The van der Waals surface area contributed by atoms with E-state index in [9.17, 15) is 4.79 Å². The molecule has 7 nitrogen and oxygen atoms in total. The summed E-state index contributed by atoms with van der Waals surface area (Å²) in [5.74, 6) is 1.09. The molecule has 1 N–H and O–H groups in total. The number of nitrogens with zero attached hydrogens (tertiary/aromatic N) is 5. The van der Waals surface area contributed by atoms with Crippen LogP contribution < -0.4 is 0 Å². The minimum Gasteiger partial charge on any atom is -0.354 e. The van der Waals surface area contributed by atoms with Crippen molar-refractivity contribution in [3.63, 3.8) is 0 Å². The van der Waals surface area contributed by atoms with Crippen LogP contribution in [0.15, 0.2) is 36.7 Å². The van der Waals surface area contributed by atoms with Gasteiger partial charge in [-0.25, -0.2) is 4.98 Å². The highest BCUT2D eigenvalue weighted by molar-refractivity contribution is 5.93. The predicted octanol–water partition coefficient (Wildman–Crippen LogP) is 4.51. The van der Waals surface area contributed by atoms with Gasteiger partial charge in [-0.05, 0) is 68.1 Å². The molecule has 1 saturated heterocycles. The summed E-state index contributed by atoms with van der Waals surface area (Å²) in [4.78, 5) is 24.7. The number of aromatic nitrogens is 4. The highest BCUT2D eigenvalue weighted by Gasteiger charge is 2.25. The van der Waals surface area contributed by atoms with E-state index in [4.69, 9.17) is 0 Å². The molecule has 1 fully saturated rings. The highest BCUT2D eigenvalue weighted by atomic mass is 16.2. The quantitative estimate of drug-likeness (QED) is 0.478. The van der Waals surface area contributed by atoms with Crippen LogP contribution in [0, 0.1) is 0 Å². The Morgan fingerprint density at radius 1 is 1.21 bits per heavy atom. The van der Waals surface area contributed by atoms with E-state index in [0.29, 0.717) is 18.4 Å². The third-order valence-corrected chi connectivity index (χ3v) is 6.97. The maximum absolute atomic E-state index is 12.4. The van der Waals surface area contributed by atoms with Gasteiger partial charge < -0.3 is 14.8 Å². The van der Waals surface area contributed by atoms with E-state index in [1.54, 1.807) is 0 Å². The number of hydrogen-bond acceptors (Lipinski definition) is 4. The Balaban J connectivity index is 1.45. The Bertz CT molecular complexity index is 1340. The number of piperidine rings is 1. The molecule has 1 amide bonds. The molecule has 3 aromatic heterocycles. The van der Waals surface area contributed by atoms with Crippen LogP contribution in [0.1, 0.15) is 49.7 Å². The molecule has 4 heterocycles. The van der Waals surface area contributed by atoms with Crippen LogP contribution >= 0.6 is 0 Å². The molecule has 0 radical (unpaired) electrons. The minimum atomic E-state index is 0.232. The molecule has 7 heteroatoms. The fraction of sp³-hybridized carbons (Fsp3) is 0.444. The first-order valence-electron chi connectivity index (χ1n) is 12.2. The average Bonchev–Trinajstić information content (AvgIpc) is 3.37. The van der Waals surface area contributed by atoms with Gasteiger partial charge in [0.05, 0.1) is 12.2 Å². The lowest BCUT2D eigenvalue weighted by Gasteiger charge is -2.33. The number of fused-ring (bicyclic) bond motifs is 2. The molecule has 0 aliphatic carbocycles. The molecule has 0 atom stereocenters. The first kappa shape index (κ1) is 22.6. The van der Waals surface area contributed by atoms with E-state index in [0.717, 1.165) is 53.7 Å². The summed E-state index contributed by atoms with van der Waals surface area (Å²) in [6.45, 7) is 6.66. The Kier molecular flexibility index (Phi) is 5.90. The largest absolute Gasteiger partial charge is 0.354 e. The van der Waals surface area contributed by atoms with Crippen LogP contribution in [0.2, 0.25) is 0 Å². The fourth-order valence-corrected chi connectivity index (χ4v) is 5.31. The maximum atomic E-state index is 12.4. The SMILES string of the molecule is CC(C)c1c(-c2cnc3nn(C)cc3c2)[nH]c2ccc(C3CCN(C(=O)CN(C)C)CC3)cc12. The number of rotatable bonds is 5. The highest BCUT2D eigenvalue weighted by Crippen LogP contribution is 2.38. The van der Waals surface area contributed by atoms with Crippen LogP contribution in [0.25, 0.3) is 33.2 Å². The number of pyridine rings is 1. The summed E-state index contributed by atoms with van der Waals surface area (Å²) in [5, 5.41) is 6.75. The van der Waals surface area contributed by atoms with Gasteiger partial charge in [-0.1, -0.05) is 19.9 Å². The normalized spacial score (nSPS) is 15.3. The predicted molar refractivity (Wildman–Crippen MR) is 137 cm³/mol. The van der Waals surface area contributed by atoms with E-state index >= 15 is 0 Å². The molecule has 0 saturated carbocycles. The van der Waals surface area contributed by atoms with E-state index in [2.05, 4.69) is 53.2 Å². The van der Waals surface area contributed by atoms with Crippen LogP contribution in [0.3, 0.4) is 0 Å². The number of likely N-dealkylation sites (tertiary alicyclic amines) is 1. The van der Waals surface area contributed by atoms with Crippen molar-refractivity contribution in [2.45, 2.75) is 38.5 Å². The van der Waals surface area contributed by atoms with Crippen molar-refractivity contribution >= 4 is 27.8 Å². The molecular weight excluding hydrogens is 424 g/mol. The van der Waals surface area contributed by atoms with Gasteiger partial charge >= 0.3 is 0 Å². The first-order chi connectivity index (χ1) is 16.3. The van der Waals surface area contributed by atoms with Crippen molar-refractivity contribution in [1.82, 2.24) is 29.5 Å². The molecule has 0 bridgehead atoms. The van der Waals surface area contributed by atoms with E-state index < -0.39 is 0 Å². The molecule has 34 heavy (non-hydrogen) atoms. The molecule has 178 valence electrons. The Hall–Kier alpha value is -3.19. The zero-order chi connectivity index (χ0) is 24.0. The van der Waals surface area contributed by atoms with Gasteiger partial charge in [-0.15, -0.1) is 0 Å². The molecule has 4 aromatic rings. The lowest BCUT2D eigenvalue weighted by Crippen LogP contribution is -2.42. The van der Waals surface area contributed by atoms with Gasteiger partial charge in [0.25, 0.3) is 0 Å². The number of nitrogens with one attached hydrogen (secondary N) is 1. The van der Waals surface area contributed by atoms with Crippen molar-refractivity contribution < 1.29 is 4.79 Å². The molecule has 1 aliphatic rings. The van der Waals surface area contributed by atoms with Crippen LogP contribution in [-0.2, 0) is 11.8 Å². The molecular formula is C27H34N6O. The van der Waals surface area contributed by atoms with Gasteiger partial charge in [0.2, 0.25) is 5.91 Å². The second-order valence-corrected chi connectivity index (χ2v) is 10.2.